The molecule has 3 N–H and O–H groups in total. The van der Waals surface area contributed by atoms with E-state index in [0.29, 0.717) is 0 Å². The number of aliphatic hydroxyl groups is 1. The van der Waals surface area contributed by atoms with Crippen molar-refractivity contribution in [2.75, 3.05) is 6.61 Å². The van der Waals surface area contributed by atoms with Crippen LogP contribution in [0.1, 0.15) is 11.1 Å². The van der Waals surface area contributed by atoms with Crippen molar-refractivity contribution < 1.29 is 5.11 Å². The predicted molar refractivity (Wildman–Crippen MR) is 57.2 cm³/mol. The largest absolute Gasteiger partial charge is 0.395 e. The van der Waals surface area contributed by atoms with Crippen molar-refractivity contribution >= 4 is 12.4 Å². The van der Waals surface area contributed by atoms with Gasteiger partial charge in [0.25, 0.3) is 0 Å². The maximum atomic E-state index is 8.74. The van der Waals surface area contributed by atoms with E-state index >= 15 is 0 Å². The van der Waals surface area contributed by atoms with E-state index in [1.54, 1.807) is 0 Å². The third kappa shape index (κ3) is 4.27. The van der Waals surface area contributed by atoms with Gasteiger partial charge in [-0.3, -0.25) is 0 Å². The van der Waals surface area contributed by atoms with Crippen LogP contribution in [0.25, 0.3) is 0 Å². The molecule has 0 bridgehead atoms. The van der Waals surface area contributed by atoms with Gasteiger partial charge in [-0.25, -0.2) is 0 Å². The third-order valence-corrected chi connectivity index (χ3v) is 1.81. The highest BCUT2D eigenvalue weighted by Gasteiger charge is 2.01. The van der Waals surface area contributed by atoms with Crippen LogP contribution < -0.4 is 5.73 Å². The Morgan fingerprint density at radius 1 is 1.46 bits per heavy atom. The number of aliphatic hydroxyl groups excluding tert-OH is 1. The Morgan fingerprint density at radius 2 is 2.15 bits per heavy atom. The number of nitrogens with two attached hydrogens (primary N) is 1. The fraction of sp³-hybridized carbons (Fsp3) is 0.400. The zero-order valence-corrected chi connectivity index (χ0v) is 8.55. The lowest BCUT2D eigenvalue weighted by molar-refractivity contribution is 0.265. The van der Waals surface area contributed by atoms with E-state index < -0.39 is 0 Å². The molecule has 0 aliphatic carbocycles. The van der Waals surface area contributed by atoms with Gasteiger partial charge in [0.15, 0.2) is 0 Å². The Kier molecular flexibility index (Phi) is 5.71. The zero-order valence-electron chi connectivity index (χ0n) is 7.73. The molecule has 1 unspecified atom stereocenters. The summed E-state index contributed by atoms with van der Waals surface area (Å²) in [5, 5.41) is 8.74. The molecule has 0 fully saturated rings. The van der Waals surface area contributed by atoms with Gasteiger partial charge in [-0.2, -0.15) is 0 Å². The van der Waals surface area contributed by atoms with Crippen molar-refractivity contribution in [3.8, 4) is 0 Å². The lowest BCUT2D eigenvalue weighted by atomic mass is 10.1. The Labute approximate surface area is 85.2 Å². The normalized spacial score (nSPS) is 11.9. The van der Waals surface area contributed by atoms with Gasteiger partial charge in [0.1, 0.15) is 0 Å². The highest BCUT2D eigenvalue weighted by molar-refractivity contribution is 5.85. The second-order valence-corrected chi connectivity index (χ2v) is 3.14. The van der Waals surface area contributed by atoms with E-state index in [-0.39, 0.29) is 25.1 Å². The molecule has 3 heteroatoms. The van der Waals surface area contributed by atoms with E-state index in [0.717, 1.165) is 6.42 Å². The lowest BCUT2D eigenvalue weighted by Gasteiger charge is -2.07. The van der Waals surface area contributed by atoms with Gasteiger partial charge >= 0.3 is 0 Å². The summed E-state index contributed by atoms with van der Waals surface area (Å²) in [5.41, 5.74) is 8.03. The SMILES string of the molecule is Cc1cccc(CC(N)CO)c1.Cl. The summed E-state index contributed by atoms with van der Waals surface area (Å²) in [6, 6.07) is 8.05. The molecule has 0 saturated carbocycles. The van der Waals surface area contributed by atoms with Crippen molar-refractivity contribution in [1.29, 1.82) is 0 Å². The van der Waals surface area contributed by atoms with Gasteiger partial charge in [-0.15, -0.1) is 12.4 Å². The van der Waals surface area contributed by atoms with Crippen molar-refractivity contribution in [3.63, 3.8) is 0 Å². The summed E-state index contributed by atoms with van der Waals surface area (Å²) in [7, 11) is 0. The molecule has 0 radical (unpaired) electrons. The van der Waals surface area contributed by atoms with Crippen LogP contribution in [0.4, 0.5) is 0 Å². The molecule has 0 aromatic heterocycles. The highest BCUT2D eigenvalue weighted by Crippen LogP contribution is 2.05. The second kappa shape index (κ2) is 5.97. The smallest absolute Gasteiger partial charge is 0.0585 e. The van der Waals surface area contributed by atoms with Crippen LogP contribution in [0.2, 0.25) is 0 Å². The molecule has 1 atom stereocenters. The van der Waals surface area contributed by atoms with E-state index in [9.17, 15) is 0 Å². The van der Waals surface area contributed by atoms with Gasteiger partial charge in [0.2, 0.25) is 0 Å². The fourth-order valence-electron chi connectivity index (χ4n) is 1.21. The van der Waals surface area contributed by atoms with Gasteiger partial charge in [0, 0.05) is 6.04 Å². The van der Waals surface area contributed by atoms with Gasteiger partial charge in [-0.05, 0) is 18.9 Å². The van der Waals surface area contributed by atoms with Crippen LogP contribution in [0.5, 0.6) is 0 Å². The maximum absolute atomic E-state index is 8.74. The summed E-state index contributed by atoms with van der Waals surface area (Å²) in [6.07, 6.45) is 0.748. The monoisotopic (exact) mass is 201 g/mol. The first-order valence-corrected chi connectivity index (χ1v) is 4.14. The van der Waals surface area contributed by atoms with Crippen LogP contribution in [0.15, 0.2) is 24.3 Å². The molecular formula is C10H16ClNO. The van der Waals surface area contributed by atoms with Crippen LogP contribution in [0.3, 0.4) is 0 Å². The van der Waals surface area contributed by atoms with Gasteiger partial charge in [-0.1, -0.05) is 29.8 Å². The molecule has 2 nitrogen and oxygen atoms in total. The van der Waals surface area contributed by atoms with Crippen molar-refractivity contribution in [2.45, 2.75) is 19.4 Å². The Balaban J connectivity index is 0.00000144. The first-order chi connectivity index (χ1) is 5.72. The molecule has 1 rings (SSSR count). The van der Waals surface area contributed by atoms with E-state index in [2.05, 4.69) is 6.07 Å². The van der Waals surface area contributed by atoms with Crippen LogP contribution in [-0.4, -0.2) is 17.8 Å². The van der Waals surface area contributed by atoms with Crippen molar-refractivity contribution in [1.82, 2.24) is 0 Å². The van der Waals surface area contributed by atoms with Gasteiger partial charge in [0.05, 0.1) is 6.61 Å². The number of halogens is 1. The molecule has 13 heavy (non-hydrogen) atoms. The molecule has 0 heterocycles. The summed E-state index contributed by atoms with van der Waals surface area (Å²) >= 11 is 0. The van der Waals surface area contributed by atoms with Crippen LogP contribution >= 0.6 is 12.4 Å². The van der Waals surface area contributed by atoms with Gasteiger partial charge < -0.3 is 10.8 Å². The molecule has 0 aliphatic heterocycles. The number of rotatable bonds is 3. The molecule has 74 valence electrons. The molecule has 1 aromatic rings. The zero-order chi connectivity index (χ0) is 8.97. The minimum atomic E-state index is -0.133. The fourth-order valence-corrected chi connectivity index (χ4v) is 1.21. The minimum absolute atomic E-state index is 0. The first kappa shape index (κ1) is 12.4. The summed E-state index contributed by atoms with van der Waals surface area (Å²) in [5.74, 6) is 0. The summed E-state index contributed by atoms with van der Waals surface area (Å²) in [6.45, 7) is 2.10. The molecule has 0 spiro atoms. The second-order valence-electron chi connectivity index (χ2n) is 3.14. The van der Waals surface area contributed by atoms with Crippen LogP contribution in [0, 0.1) is 6.92 Å². The average molecular weight is 202 g/mol. The minimum Gasteiger partial charge on any atom is -0.395 e. The first-order valence-electron chi connectivity index (χ1n) is 4.14. The highest BCUT2D eigenvalue weighted by atomic mass is 35.5. The van der Waals surface area contributed by atoms with E-state index in [1.807, 2.05) is 25.1 Å². The number of hydrogen-bond acceptors (Lipinski definition) is 2. The van der Waals surface area contributed by atoms with E-state index in [1.165, 1.54) is 11.1 Å². The van der Waals surface area contributed by atoms with Crippen molar-refractivity contribution in [2.24, 2.45) is 5.73 Å². The Morgan fingerprint density at radius 3 is 2.69 bits per heavy atom. The molecule has 1 aromatic carbocycles. The molecule has 0 saturated heterocycles. The Bertz CT molecular complexity index is 252. The maximum Gasteiger partial charge on any atom is 0.0585 e. The third-order valence-electron chi connectivity index (χ3n) is 1.81. The lowest BCUT2D eigenvalue weighted by Crippen LogP contribution is -2.26. The number of aryl methyl sites for hydroxylation is 1. The topological polar surface area (TPSA) is 46.2 Å². The van der Waals surface area contributed by atoms with E-state index in [4.69, 9.17) is 10.8 Å². The standard InChI is InChI=1S/C10H15NO.ClH/c1-8-3-2-4-9(5-8)6-10(11)7-12;/h2-5,10,12H,6-7,11H2,1H3;1H. The molecule has 0 aliphatic rings. The predicted octanol–water partition coefficient (Wildman–Crippen LogP) is 1.28. The number of benzene rings is 1. The van der Waals surface area contributed by atoms with Crippen molar-refractivity contribution in [3.05, 3.63) is 35.4 Å². The molecular weight excluding hydrogens is 186 g/mol. The number of hydrogen-bond donors (Lipinski definition) is 2. The molecule has 0 amide bonds. The summed E-state index contributed by atoms with van der Waals surface area (Å²) < 4.78 is 0. The Hall–Kier alpha value is -0.570. The van der Waals surface area contributed by atoms with Crippen LogP contribution in [-0.2, 0) is 6.42 Å². The summed E-state index contributed by atoms with van der Waals surface area (Å²) in [4.78, 5) is 0. The average Bonchev–Trinajstić information content (AvgIpc) is 2.04. The quantitative estimate of drug-likeness (QED) is 0.774.